The van der Waals surface area contributed by atoms with Gasteiger partial charge in [-0.25, -0.2) is 9.97 Å². The van der Waals surface area contributed by atoms with Crippen LogP contribution in [0.15, 0.2) is 24.3 Å². The van der Waals surface area contributed by atoms with Gasteiger partial charge in [0.25, 0.3) is 0 Å². The fraction of sp³-hybridized carbons (Fsp3) is 0.375. The lowest BCUT2D eigenvalue weighted by Crippen LogP contribution is -2.16. The molecule has 0 atom stereocenters. The zero-order chi connectivity index (χ0) is 14.7. The van der Waals surface area contributed by atoms with E-state index in [0.29, 0.717) is 0 Å². The van der Waals surface area contributed by atoms with Crippen molar-refractivity contribution in [1.82, 2.24) is 9.97 Å². The Hall–Kier alpha value is -2.10. The molecular weight excluding hydrogens is 248 g/mol. The average Bonchev–Trinajstić information content (AvgIpc) is 2.42. The highest BCUT2D eigenvalue weighted by atomic mass is 15.2. The Kier molecular flexibility index (Phi) is 4.23. The lowest BCUT2D eigenvalue weighted by atomic mass is 10.2. The van der Waals surface area contributed by atoms with Crippen LogP contribution in [0.2, 0.25) is 0 Å². The minimum absolute atomic E-state index is 0.779. The summed E-state index contributed by atoms with van der Waals surface area (Å²) in [6, 6.07) is 8.41. The summed E-state index contributed by atoms with van der Waals surface area (Å²) in [5, 5.41) is 3.30. The first kappa shape index (κ1) is 14.3. The number of aromatic nitrogens is 2. The smallest absolute Gasteiger partial charge is 0.141 e. The van der Waals surface area contributed by atoms with E-state index < -0.39 is 0 Å². The quantitative estimate of drug-likeness (QED) is 0.921. The molecule has 1 aromatic heterocycles. The van der Waals surface area contributed by atoms with E-state index >= 15 is 0 Å². The van der Waals surface area contributed by atoms with Gasteiger partial charge in [0, 0.05) is 24.8 Å². The third kappa shape index (κ3) is 2.90. The minimum Gasteiger partial charge on any atom is -0.370 e. The number of benzene rings is 1. The van der Waals surface area contributed by atoms with Crippen molar-refractivity contribution in [2.75, 3.05) is 23.8 Å². The molecule has 1 aromatic carbocycles. The van der Waals surface area contributed by atoms with E-state index in [2.05, 4.69) is 65.2 Å². The summed E-state index contributed by atoms with van der Waals surface area (Å²) in [5.74, 6) is 2.63. The van der Waals surface area contributed by atoms with Gasteiger partial charge in [-0.1, -0.05) is 12.1 Å². The van der Waals surface area contributed by atoms with Crippen LogP contribution in [0.1, 0.15) is 23.9 Å². The molecule has 0 fully saturated rings. The lowest BCUT2D eigenvalue weighted by Gasteiger charge is -2.22. The standard InChI is InChI=1S/C16H22N4/c1-6-17-15-12(3)16(19-13(4)18-15)20(5)14-9-7-8-11(2)10-14/h7-10H,6H2,1-5H3,(H,17,18,19). The normalized spacial score (nSPS) is 10.4. The minimum atomic E-state index is 0.779. The Bertz CT molecular complexity index is 607. The SMILES string of the molecule is CCNc1nc(C)nc(N(C)c2cccc(C)c2)c1C. The molecule has 0 aliphatic rings. The fourth-order valence-electron chi connectivity index (χ4n) is 2.24. The predicted octanol–water partition coefficient (Wildman–Crippen LogP) is 3.60. The van der Waals surface area contributed by atoms with Gasteiger partial charge in [-0.3, -0.25) is 0 Å². The van der Waals surface area contributed by atoms with Gasteiger partial charge in [0.1, 0.15) is 17.5 Å². The number of aryl methyl sites for hydroxylation is 2. The number of nitrogens with one attached hydrogen (secondary N) is 1. The van der Waals surface area contributed by atoms with Crippen LogP contribution in [-0.2, 0) is 0 Å². The molecule has 0 aliphatic heterocycles. The summed E-state index contributed by atoms with van der Waals surface area (Å²) in [4.78, 5) is 11.2. The molecule has 0 saturated heterocycles. The highest BCUT2D eigenvalue weighted by molar-refractivity contribution is 5.67. The Labute approximate surface area is 120 Å². The van der Waals surface area contributed by atoms with Gasteiger partial charge in [0.2, 0.25) is 0 Å². The molecule has 4 nitrogen and oxygen atoms in total. The van der Waals surface area contributed by atoms with Crippen LogP contribution in [0.3, 0.4) is 0 Å². The zero-order valence-electron chi connectivity index (χ0n) is 12.9. The van der Waals surface area contributed by atoms with E-state index in [-0.39, 0.29) is 0 Å². The maximum absolute atomic E-state index is 4.60. The van der Waals surface area contributed by atoms with E-state index in [1.54, 1.807) is 0 Å². The van der Waals surface area contributed by atoms with Gasteiger partial charge in [-0.15, -0.1) is 0 Å². The molecule has 106 valence electrons. The molecule has 20 heavy (non-hydrogen) atoms. The van der Waals surface area contributed by atoms with Crippen molar-refractivity contribution in [3.05, 3.63) is 41.2 Å². The molecule has 0 unspecified atom stereocenters. The van der Waals surface area contributed by atoms with Gasteiger partial charge in [0.15, 0.2) is 0 Å². The lowest BCUT2D eigenvalue weighted by molar-refractivity contribution is 0.982. The summed E-state index contributed by atoms with van der Waals surface area (Å²) >= 11 is 0. The van der Waals surface area contributed by atoms with E-state index in [0.717, 1.165) is 35.3 Å². The molecule has 2 rings (SSSR count). The Morgan fingerprint density at radius 2 is 1.90 bits per heavy atom. The molecule has 0 spiro atoms. The average molecular weight is 270 g/mol. The van der Waals surface area contributed by atoms with Crippen molar-refractivity contribution in [2.24, 2.45) is 0 Å². The molecule has 0 bridgehead atoms. The second-order valence-corrected chi connectivity index (χ2v) is 5.00. The predicted molar refractivity (Wildman–Crippen MR) is 84.9 cm³/mol. The van der Waals surface area contributed by atoms with Crippen LogP contribution in [0, 0.1) is 20.8 Å². The van der Waals surface area contributed by atoms with Gasteiger partial charge >= 0.3 is 0 Å². The summed E-state index contributed by atoms with van der Waals surface area (Å²) in [6.45, 7) is 9.00. The number of hydrogen-bond acceptors (Lipinski definition) is 4. The highest BCUT2D eigenvalue weighted by Crippen LogP contribution is 2.28. The molecule has 1 N–H and O–H groups in total. The van der Waals surface area contributed by atoms with Crippen molar-refractivity contribution in [1.29, 1.82) is 0 Å². The van der Waals surface area contributed by atoms with Crippen molar-refractivity contribution < 1.29 is 0 Å². The Balaban J connectivity index is 2.46. The molecule has 0 amide bonds. The number of rotatable bonds is 4. The van der Waals surface area contributed by atoms with Crippen LogP contribution in [0.25, 0.3) is 0 Å². The van der Waals surface area contributed by atoms with Crippen molar-refractivity contribution in [3.8, 4) is 0 Å². The Morgan fingerprint density at radius 3 is 2.55 bits per heavy atom. The fourth-order valence-corrected chi connectivity index (χ4v) is 2.24. The van der Waals surface area contributed by atoms with E-state index in [4.69, 9.17) is 0 Å². The van der Waals surface area contributed by atoms with Gasteiger partial charge < -0.3 is 10.2 Å². The molecule has 4 heteroatoms. The van der Waals surface area contributed by atoms with Crippen molar-refractivity contribution in [3.63, 3.8) is 0 Å². The number of hydrogen-bond donors (Lipinski definition) is 1. The molecule has 0 aliphatic carbocycles. The van der Waals surface area contributed by atoms with Crippen molar-refractivity contribution >= 4 is 17.3 Å². The van der Waals surface area contributed by atoms with Crippen LogP contribution < -0.4 is 10.2 Å². The molecule has 0 radical (unpaired) electrons. The third-order valence-electron chi connectivity index (χ3n) is 3.28. The second-order valence-electron chi connectivity index (χ2n) is 5.00. The summed E-state index contributed by atoms with van der Waals surface area (Å²) < 4.78 is 0. The molecule has 0 saturated carbocycles. The third-order valence-corrected chi connectivity index (χ3v) is 3.28. The summed E-state index contributed by atoms with van der Waals surface area (Å²) in [7, 11) is 2.04. The van der Waals surface area contributed by atoms with E-state index in [1.807, 2.05) is 14.0 Å². The number of nitrogens with zero attached hydrogens (tertiary/aromatic N) is 3. The molecular formula is C16H22N4. The van der Waals surface area contributed by atoms with Gasteiger partial charge in [-0.2, -0.15) is 0 Å². The molecule has 2 aromatic rings. The van der Waals surface area contributed by atoms with Gasteiger partial charge in [0.05, 0.1) is 0 Å². The highest BCUT2D eigenvalue weighted by Gasteiger charge is 2.13. The topological polar surface area (TPSA) is 41.1 Å². The second kappa shape index (κ2) is 5.90. The van der Waals surface area contributed by atoms with Crippen LogP contribution in [0.5, 0.6) is 0 Å². The van der Waals surface area contributed by atoms with Crippen LogP contribution in [0.4, 0.5) is 17.3 Å². The van der Waals surface area contributed by atoms with E-state index in [9.17, 15) is 0 Å². The number of anilines is 3. The first-order valence-corrected chi connectivity index (χ1v) is 6.92. The molecule has 1 heterocycles. The first-order valence-electron chi connectivity index (χ1n) is 6.92. The van der Waals surface area contributed by atoms with E-state index in [1.165, 1.54) is 5.56 Å². The largest absolute Gasteiger partial charge is 0.370 e. The zero-order valence-corrected chi connectivity index (χ0v) is 12.9. The maximum atomic E-state index is 4.60. The maximum Gasteiger partial charge on any atom is 0.141 e. The van der Waals surface area contributed by atoms with Crippen LogP contribution >= 0.6 is 0 Å². The summed E-state index contributed by atoms with van der Waals surface area (Å²) in [6.07, 6.45) is 0. The monoisotopic (exact) mass is 270 g/mol. The van der Waals surface area contributed by atoms with Crippen molar-refractivity contribution in [2.45, 2.75) is 27.7 Å². The summed E-state index contributed by atoms with van der Waals surface area (Å²) in [5.41, 5.74) is 3.44. The Morgan fingerprint density at radius 1 is 1.15 bits per heavy atom. The van der Waals surface area contributed by atoms with Crippen LogP contribution in [-0.4, -0.2) is 23.6 Å². The first-order chi connectivity index (χ1) is 9.52. The van der Waals surface area contributed by atoms with Gasteiger partial charge in [-0.05, 0) is 45.4 Å².